The monoisotopic (exact) mass is 277 g/mol. The van der Waals surface area contributed by atoms with Gasteiger partial charge in [-0.3, -0.25) is 0 Å². The summed E-state index contributed by atoms with van der Waals surface area (Å²) < 4.78 is 0. The Kier molecular flexibility index (Phi) is 3.70. The van der Waals surface area contributed by atoms with Crippen LogP contribution in [0, 0.1) is 0 Å². The lowest BCUT2D eigenvalue weighted by atomic mass is 9.78. The Morgan fingerprint density at radius 2 is 1.81 bits per heavy atom. The summed E-state index contributed by atoms with van der Waals surface area (Å²) >= 11 is 18.2. The van der Waals surface area contributed by atoms with Gasteiger partial charge in [-0.1, -0.05) is 34.8 Å². The summed E-state index contributed by atoms with van der Waals surface area (Å²) in [6.07, 6.45) is 3.71. The summed E-state index contributed by atoms with van der Waals surface area (Å²) in [4.78, 5) is 0. The van der Waals surface area contributed by atoms with E-state index in [0.29, 0.717) is 21.6 Å². The molecule has 0 aliphatic heterocycles. The van der Waals surface area contributed by atoms with Gasteiger partial charge in [0.05, 0.1) is 10.0 Å². The first kappa shape index (κ1) is 12.5. The summed E-state index contributed by atoms with van der Waals surface area (Å²) in [5.41, 5.74) is 1.14. The smallest absolute Gasteiger partial charge is 0.0652 e. The predicted molar refractivity (Wildman–Crippen MR) is 70.6 cm³/mol. The summed E-state index contributed by atoms with van der Waals surface area (Å²) in [5.74, 6) is 0. The molecular weight excluding hydrogens is 264 g/mol. The van der Waals surface area contributed by atoms with Crippen molar-refractivity contribution in [3.05, 3.63) is 32.8 Å². The molecule has 1 aromatic carbocycles. The zero-order valence-corrected chi connectivity index (χ0v) is 11.4. The average molecular weight is 279 g/mol. The predicted octanol–water partition coefficient (Wildman–Crippen LogP) is 4.68. The summed E-state index contributed by atoms with van der Waals surface area (Å²) in [6, 6.07) is 3.51. The summed E-state index contributed by atoms with van der Waals surface area (Å²) in [7, 11) is 0. The molecule has 0 heterocycles. The van der Waals surface area contributed by atoms with Crippen LogP contribution in [-0.4, -0.2) is 5.54 Å². The SMILES string of the molecule is CC1(NCc2c(Cl)ccc(Cl)c2Cl)CCC1. The molecule has 0 unspecified atom stereocenters. The molecule has 16 heavy (non-hydrogen) atoms. The van der Waals surface area contributed by atoms with Crippen LogP contribution in [0.3, 0.4) is 0 Å². The van der Waals surface area contributed by atoms with Crippen molar-refractivity contribution in [2.45, 2.75) is 38.3 Å². The van der Waals surface area contributed by atoms with E-state index in [0.717, 1.165) is 5.56 Å². The molecule has 1 nitrogen and oxygen atoms in total. The minimum Gasteiger partial charge on any atom is -0.307 e. The summed E-state index contributed by atoms with van der Waals surface area (Å²) in [6.45, 7) is 2.90. The van der Waals surface area contributed by atoms with Crippen LogP contribution in [0.15, 0.2) is 12.1 Å². The first-order valence-electron chi connectivity index (χ1n) is 5.39. The zero-order chi connectivity index (χ0) is 11.8. The molecule has 1 saturated carbocycles. The Labute approximate surface area is 111 Å². The maximum Gasteiger partial charge on any atom is 0.0652 e. The van der Waals surface area contributed by atoms with Crippen molar-refractivity contribution < 1.29 is 0 Å². The molecule has 1 fully saturated rings. The van der Waals surface area contributed by atoms with E-state index < -0.39 is 0 Å². The quantitative estimate of drug-likeness (QED) is 0.792. The van der Waals surface area contributed by atoms with Gasteiger partial charge in [0.15, 0.2) is 0 Å². The first-order chi connectivity index (χ1) is 7.52. The number of benzene rings is 1. The highest BCUT2D eigenvalue weighted by atomic mass is 35.5. The van der Waals surface area contributed by atoms with Crippen LogP contribution >= 0.6 is 34.8 Å². The molecule has 2 rings (SSSR count). The average Bonchev–Trinajstić information content (AvgIpc) is 2.21. The minimum atomic E-state index is 0.245. The van der Waals surface area contributed by atoms with Crippen LogP contribution in [0.2, 0.25) is 15.1 Å². The molecule has 0 bridgehead atoms. The lowest BCUT2D eigenvalue weighted by molar-refractivity contribution is 0.207. The van der Waals surface area contributed by atoms with Gasteiger partial charge in [-0.2, -0.15) is 0 Å². The number of hydrogen-bond donors (Lipinski definition) is 1. The van der Waals surface area contributed by atoms with E-state index in [9.17, 15) is 0 Å². The lowest BCUT2D eigenvalue weighted by Gasteiger charge is -2.39. The molecule has 0 radical (unpaired) electrons. The molecule has 1 aromatic rings. The highest BCUT2D eigenvalue weighted by molar-refractivity contribution is 6.44. The highest BCUT2D eigenvalue weighted by Crippen LogP contribution is 2.34. The van der Waals surface area contributed by atoms with E-state index in [4.69, 9.17) is 34.8 Å². The molecule has 0 atom stereocenters. The van der Waals surface area contributed by atoms with E-state index in [2.05, 4.69) is 12.2 Å². The number of halogens is 3. The van der Waals surface area contributed by atoms with Gasteiger partial charge >= 0.3 is 0 Å². The van der Waals surface area contributed by atoms with Gasteiger partial charge in [-0.25, -0.2) is 0 Å². The molecule has 0 saturated heterocycles. The van der Waals surface area contributed by atoms with E-state index in [1.54, 1.807) is 12.1 Å². The van der Waals surface area contributed by atoms with Gasteiger partial charge < -0.3 is 5.32 Å². The highest BCUT2D eigenvalue weighted by Gasteiger charge is 2.31. The molecule has 1 aliphatic rings. The van der Waals surface area contributed by atoms with Crippen LogP contribution in [0.5, 0.6) is 0 Å². The van der Waals surface area contributed by atoms with Crippen molar-refractivity contribution in [2.24, 2.45) is 0 Å². The number of rotatable bonds is 3. The second kappa shape index (κ2) is 4.73. The largest absolute Gasteiger partial charge is 0.307 e. The van der Waals surface area contributed by atoms with E-state index in [1.807, 2.05) is 0 Å². The van der Waals surface area contributed by atoms with Gasteiger partial charge in [0.25, 0.3) is 0 Å². The molecule has 0 spiro atoms. The van der Waals surface area contributed by atoms with E-state index in [1.165, 1.54) is 19.3 Å². The first-order valence-corrected chi connectivity index (χ1v) is 6.53. The van der Waals surface area contributed by atoms with Crippen molar-refractivity contribution in [2.75, 3.05) is 0 Å². The molecular formula is C12H14Cl3N. The fourth-order valence-electron chi connectivity index (χ4n) is 1.92. The van der Waals surface area contributed by atoms with Gasteiger partial charge in [0.1, 0.15) is 0 Å². The number of hydrogen-bond acceptors (Lipinski definition) is 1. The van der Waals surface area contributed by atoms with Gasteiger partial charge in [-0.15, -0.1) is 0 Å². The Balaban J connectivity index is 2.11. The third kappa shape index (κ3) is 2.48. The number of nitrogens with one attached hydrogen (secondary N) is 1. The maximum atomic E-state index is 6.13. The third-order valence-corrected chi connectivity index (χ3v) is 4.49. The Bertz CT molecular complexity index is 399. The second-order valence-electron chi connectivity index (χ2n) is 4.59. The Morgan fingerprint density at radius 3 is 2.38 bits per heavy atom. The van der Waals surface area contributed by atoms with Crippen molar-refractivity contribution in [1.82, 2.24) is 5.32 Å². The molecule has 0 amide bonds. The minimum absolute atomic E-state index is 0.245. The summed E-state index contributed by atoms with van der Waals surface area (Å²) in [5, 5.41) is 5.28. The second-order valence-corrected chi connectivity index (χ2v) is 5.78. The van der Waals surface area contributed by atoms with Gasteiger partial charge in [0.2, 0.25) is 0 Å². The Hall–Kier alpha value is 0.0500. The van der Waals surface area contributed by atoms with Crippen molar-refractivity contribution in [1.29, 1.82) is 0 Å². The third-order valence-electron chi connectivity index (χ3n) is 3.29. The maximum absolute atomic E-state index is 6.13. The zero-order valence-electron chi connectivity index (χ0n) is 9.12. The van der Waals surface area contributed by atoms with Crippen LogP contribution in [0.4, 0.5) is 0 Å². The van der Waals surface area contributed by atoms with Crippen molar-refractivity contribution >= 4 is 34.8 Å². The normalized spacial score (nSPS) is 18.2. The van der Waals surface area contributed by atoms with Crippen LogP contribution in [0.25, 0.3) is 0 Å². The van der Waals surface area contributed by atoms with E-state index >= 15 is 0 Å². The van der Waals surface area contributed by atoms with Crippen molar-refractivity contribution in [3.63, 3.8) is 0 Å². The fourth-order valence-corrected chi connectivity index (χ4v) is 2.60. The standard InChI is InChI=1S/C12H14Cl3N/c1-12(5-2-6-12)16-7-8-9(13)3-4-10(14)11(8)15/h3-4,16H,2,5-7H2,1H3. The molecule has 4 heteroatoms. The van der Waals surface area contributed by atoms with Gasteiger partial charge in [0, 0.05) is 22.7 Å². The van der Waals surface area contributed by atoms with Gasteiger partial charge in [-0.05, 0) is 38.3 Å². The Morgan fingerprint density at radius 1 is 1.19 bits per heavy atom. The van der Waals surface area contributed by atoms with Crippen LogP contribution in [-0.2, 0) is 6.54 Å². The molecule has 0 aromatic heterocycles. The molecule has 88 valence electrons. The lowest BCUT2D eigenvalue weighted by Crippen LogP contribution is -2.47. The molecule has 1 aliphatic carbocycles. The topological polar surface area (TPSA) is 12.0 Å². The fraction of sp³-hybridized carbons (Fsp3) is 0.500. The van der Waals surface area contributed by atoms with E-state index in [-0.39, 0.29) is 5.54 Å². The van der Waals surface area contributed by atoms with Crippen LogP contribution < -0.4 is 5.32 Å². The van der Waals surface area contributed by atoms with Crippen molar-refractivity contribution in [3.8, 4) is 0 Å². The molecule has 1 N–H and O–H groups in total. The van der Waals surface area contributed by atoms with Crippen LogP contribution in [0.1, 0.15) is 31.7 Å².